The summed E-state index contributed by atoms with van der Waals surface area (Å²) in [5, 5.41) is 13.9. The fourth-order valence-corrected chi connectivity index (χ4v) is 5.09. The molecule has 0 bridgehead atoms. The standard InChI is InChI=1S/C14H15BrN6O2S2/c1-25(22,23)20-4-2-3-9(8-20)12-17-18-14-21(12)19-13(24-14)10-5-11(15)7-16-6-10/h5-7,9H,2-4,8H2,1H3. The van der Waals surface area contributed by atoms with Crippen molar-refractivity contribution < 1.29 is 8.42 Å². The van der Waals surface area contributed by atoms with Crippen LogP contribution in [0.5, 0.6) is 0 Å². The van der Waals surface area contributed by atoms with E-state index in [2.05, 4.69) is 36.2 Å². The Balaban J connectivity index is 1.69. The summed E-state index contributed by atoms with van der Waals surface area (Å²) >= 11 is 4.85. The summed E-state index contributed by atoms with van der Waals surface area (Å²) in [5.41, 5.74) is 0.900. The summed E-state index contributed by atoms with van der Waals surface area (Å²) in [7, 11) is -3.20. The number of pyridine rings is 1. The lowest BCUT2D eigenvalue weighted by Crippen LogP contribution is -2.38. The van der Waals surface area contributed by atoms with Crippen molar-refractivity contribution in [2.45, 2.75) is 18.8 Å². The number of hydrogen-bond donors (Lipinski definition) is 0. The minimum atomic E-state index is -3.20. The Kier molecular flexibility index (Phi) is 4.34. The molecule has 11 heteroatoms. The van der Waals surface area contributed by atoms with Gasteiger partial charge >= 0.3 is 0 Å². The summed E-state index contributed by atoms with van der Waals surface area (Å²) in [6.45, 7) is 0.980. The first-order chi connectivity index (χ1) is 11.9. The monoisotopic (exact) mass is 442 g/mol. The first-order valence-corrected chi connectivity index (χ1v) is 11.2. The molecular formula is C14H15BrN6O2S2. The number of sulfonamides is 1. The molecule has 1 aliphatic rings. The van der Waals surface area contributed by atoms with Crippen LogP contribution in [0.15, 0.2) is 22.9 Å². The second-order valence-corrected chi connectivity index (χ2v) is 9.87. The van der Waals surface area contributed by atoms with Gasteiger partial charge in [0.05, 0.1) is 6.26 Å². The third-order valence-electron chi connectivity index (χ3n) is 4.19. The Hall–Kier alpha value is -1.43. The zero-order valence-electron chi connectivity index (χ0n) is 13.3. The van der Waals surface area contributed by atoms with Crippen LogP contribution in [0.25, 0.3) is 15.5 Å². The Labute approximate surface area is 157 Å². The molecule has 0 spiro atoms. The van der Waals surface area contributed by atoms with Crippen molar-refractivity contribution in [1.82, 2.24) is 29.1 Å². The van der Waals surface area contributed by atoms with E-state index in [1.165, 1.54) is 21.9 Å². The Bertz CT molecular complexity index is 1030. The van der Waals surface area contributed by atoms with Gasteiger partial charge in [0.2, 0.25) is 15.0 Å². The maximum atomic E-state index is 11.8. The molecule has 0 saturated carbocycles. The quantitative estimate of drug-likeness (QED) is 0.616. The van der Waals surface area contributed by atoms with Gasteiger partial charge in [-0.1, -0.05) is 11.3 Å². The average Bonchev–Trinajstić information content (AvgIpc) is 3.14. The van der Waals surface area contributed by atoms with Crippen molar-refractivity contribution >= 4 is 42.3 Å². The highest BCUT2D eigenvalue weighted by molar-refractivity contribution is 9.10. The molecule has 4 heterocycles. The van der Waals surface area contributed by atoms with Crippen molar-refractivity contribution in [2.75, 3.05) is 19.3 Å². The van der Waals surface area contributed by atoms with E-state index in [1.54, 1.807) is 16.9 Å². The zero-order valence-corrected chi connectivity index (χ0v) is 16.6. The van der Waals surface area contributed by atoms with Gasteiger partial charge in [-0.05, 0) is 34.8 Å². The van der Waals surface area contributed by atoms with E-state index in [4.69, 9.17) is 0 Å². The highest BCUT2D eigenvalue weighted by Gasteiger charge is 2.30. The summed E-state index contributed by atoms with van der Waals surface area (Å²) in [6, 6.07) is 1.95. The predicted octanol–water partition coefficient (Wildman–Crippen LogP) is 2.15. The largest absolute Gasteiger partial charge is 0.263 e. The normalized spacial score (nSPS) is 19.5. The van der Waals surface area contributed by atoms with E-state index >= 15 is 0 Å². The molecule has 4 rings (SSSR count). The minimum Gasteiger partial charge on any atom is -0.263 e. The third-order valence-corrected chi connectivity index (χ3v) is 6.84. The van der Waals surface area contributed by atoms with E-state index < -0.39 is 10.0 Å². The van der Waals surface area contributed by atoms with Crippen LogP contribution in [-0.4, -0.2) is 56.9 Å². The lowest BCUT2D eigenvalue weighted by Gasteiger charge is -2.29. The first-order valence-electron chi connectivity index (χ1n) is 7.70. The molecule has 0 aliphatic carbocycles. The van der Waals surface area contributed by atoms with Gasteiger partial charge < -0.3 is 0 Å². The zero-order chi connectivity index (χ0) is 17.6. The summed E-state index contributed by atoms with van der Waals surface area (Å²) in [5.74, 6) is 0.711. The molecule has 1 aliphatic heterocycles. The molecule has 0 radical (unpaired) electrons. The number of piperidine rings is 1. The lowest BCUT2D eigenvalue weighted by molar-refractivity contribution is 0.309. The van der Waals surface area contributed by atoms with Gasteiger partial charge in [-0.2, -0.15) is 9.61 Å². The second-order valence-electron chi connectivity index (χ2n) is 6.01. The van der Waals surface area contributed by atoms with Crippen molar-refractivity contribution in [3.8, 4) is 10.6 Å². The van der Waals surface area contributed by atoms with Crippen LogP contribution in [0.4, 0.5) is 0 Å². The SMILES string of the molecule is CS(=O)(=O)N1CCCC(c2nnc3sc(-c4cncc(Br)c4)nn23)C1. The fraction of sp³-hybridized carbons (Fsp3) is 0.429. The van der Waals surface area contributed by atoms with Crippen LogP contribution in [0.2, 0.25) is 0 Å². The molecule has 0 aromatic carbocycles. The van der Waals surface area contributed by atoms with Gasteiger partial charge in [0.25, 0.3) is 0 Å². The smallest absolute Gasteiger partial charge is 0.234 e. The number of rotatable bonds is 3. The predicted molar refractivity (Wildman–Crippen MR) is 98.0 cm³/mol. The van der Waals surface area contributed by atoms with Crippen LogP contribution < -0.4 is 0 Å². The van der Waals surface area contributed by atoms with E-state index in [1.807, 2.05) is 6.07 Å². The molecule has 8 nitrogen and oxygen atoms in total. The van der Waals surface area contributed by atoms with E-state index in [0.29, 0.717) is 23.9 Å². The summed E-state index contributed by atoms with van der Waals surface area (Å²) in [6.07, 6.45) is 6.40. The Morgan fingerprint density at radius 1 is 1.32 bits per heavy atom. The Morgan fingerprint density at radius 2 is 2.16 bits per heavy atom. The van der Waals surface area contributed by atoms with Gasteiger partial charge in [0.1, 0.15) is 5.01 Å². The second kappa shape index (κ2) is 6.38. The number of aromatic nitrogens is 5. The molecule has 1 fully saturated rings. The molecule has 132 valence electrons. The van der Waals surface area contributed by atoms with Gasteiger partial charge in [0, 0.05) is 41.4 Å². The first kappa shape index (κ1) is 17.0. The van der Waals surface area contributed by atoms with E-state index in [-0.39, 0.29) is 5.92 Å². The molecular weight excluding hydrogens is 428 g/mol. The Morgan fingerprint density at radius 3 is 2.92 bits per heavy atom. The van der Waals surface area contributed by atoms with Crippen molar-refractivity contribution in [3.63, 3.8) is 0 Å². The highest BCUT2D eigenvalue weighted by atomic mass is 79.9. The van der Waals surface area contributed by atoms with Crippen LogP contribution in [-0.2, 0) is 10.0 Å². The summed E-state index contributed by atoms with van der Waals surface area (Å²) < 4.78 is 27.8. The fourth-order valence-electron chi connectivity index (χ4n) is 2.99. The number of fused-ring (bicyclic) bond motifs is 1. The van der Waals surface area contributed by atoms with Crippen LogP contribution in [0.3, 0.4) is 0 Å². The molecule has 25 heavy (non-hydrogen) atoms. The molecule has 1 saturated heterocycles. The van der Waals surface area contributed by atoms with E-state index in [0.717, 1.165) is 27.9 Å². The molecule has 0 N–H and O–H groups in total. The number of nitrogens with zero attached hydrogens (tertiary/aromatic N) is 6. The third kappa shape index (κ3) is 3.33. The molecule has 3 aromatic heterocycles. The van der Waals surface area contributed by atoms with Crippen LogP contribution in [0.1, 0.15) is 24.6 Å². The maximum absolute atomic E-state index is 11.8. The average molecular weight is 443 g/mol. The summed E-state index contributed by atoms with van der Waals surface area (Å²) in [4.78, 5) is 4.86. The van der Waals surface area contributed by atoms with Gasteiger partial charge in [-0.3, -0.25) is 4.98 Å². The van der Waals surface area contributed by atoms with Gasteiger partial charge in [-0.15, -0.1) is 10.2 Å². The topological polar surface area (TPSA) is 93.4 Å². The molecule has 0 amide bonds. The number of hydrogen-bond acceptors (Lipinski definition) is 7. The minimum absolute atomic E-state index is 0.00550. The van der Waals surface area contributed by atoms with Crippen molar-refractivity contribution in [2.24, 2.45) is 0 Å². The molecule has 1 unspecified atom stereocenters. The molecule has 3 aromatic rings. The molecule has 1 atom stereocenters. The van der Waals surface area contributed by atoms with Crippen molar-refractivity contribution in [3.05, 3.63) is 28.8 Å². The highest BCUT2D eigenvalue weighted by Crippen LogP contribution is 2.31. The van der Waals surface area contributed by atoms with Gasteiger partial charge in [-0.25, -0.2) is 12.7 Å². The van der Waals surface area contributed by atoms with Gasteiger partial charge in [0.15, 0.2) is 5.82 Å². The number of halogens is 1. The lowest BCUT2D eigenvalue weighted by atomic mass is 9.99. The van der Waals surface area contributed by atoms with Crippen molar-refractivity contribution in [1.29, 1.82) is 0 Å². The van der Waals surface area contributed by atoms with Crippen LogP contribution >= 0.6 is 27.3 Å². The maximum Gasteiger partial charge on any atom is 0.234 e. The van der Waals surface area contributed by atoms with Crippen LogP contribution in [0, 0.1) is 0 Å². The van der Waals surface area contributed by atoms with E-state index in [9.17, 15) is 8.42 Å².